The van der Waals surface area contributed by atoms with Gasteiger partial charge in [0.25, 0.3) is 0 Å². The fourth-order valence-corrected chi connectivity index (χ4v) is 4.67. The second kappa shape index (κ2) is 6.99. The summed E-state index contributed by atoms with van der Waals surface area (Å²) in [5, 5.41) is 18.2. The molecule has 0 saturated carbocycles. The molecule has 0 unspecified atom stereocenters. The van der Waals surface area contributed by atoms with Crippen LogP contribution in [0.5, 0.6) is 0 Å². The zero-order chi connectivity index (χ0) is 15.4. The molecule has 0 radical (unpaired) electrons. The molecule has 0 spiro atoms. The van der Waals surface area contributed by atoms with Crippen molar-refractivity contribution in [1.82, 2.24) is 15.2 Å². The number of nitrogens with zero attached hydrogens (tertiary/aromatic N) is 3. The van der Waals surface area contributed by atoms with E-state index in [9.17, 15) is 4.79 Å². The van der Waals surface area contributed by atoms with Gasteiger partial charge in [0.1, 0.15) is 9.88 Å². The third-order valence-corrected chi connectivity index (χ3v) is 5.88. The fourth-order valence-electron chi connectivity index (χ4n) is 1.76. The summed E-state index contributed by atoms with van der Waals surface area (Å²) in [5.41, 5.74) is 1.28. The lowest BCUT2D eigenvalue weighted by Gasteiger charge is -1.96. The third kappa shape index (κ3) is 3.90. The maximum Gasteiger partial charge on any atom is 0.347 e. The molecule has 0 aliphatic heterocycles. The van der Waals surface area contributed by atoms with Gasteiger partial charge < -0.3 is 5.11 Å². The molecule has 1 aromatic carbocycles. The number of aromatic carboxylic acids is 1. The topological polar surface area (TPSA) is 76.0 Å². The van der Waals surface area contributed by atoms with Crippen LogP contribution in [0.3, 0.4) is 0 Å². The molecule has 0 aliphatic rings. The Balaban J connectivity index is 1.59. The van der Waals surface area contributed by atoms with Crippen LogP contribution < -0.4 is 0 Å². The highest BCUT2D eigenvalue weighted by atomic mass is 32.2. The van der Waals surface area contributed by atoms with Crippen LogP contribution in [0.15, 0.2) is 45.2 Å². The molecule has 0 amide bonds. The van der Waals surface area contributed by atoms with Crippen molar-refractivity contribution in [1.29, 1.82) is 0 Å². The number of carboxylic acid groups (broad SMARTS) is 1. The Bertz CT molecular complexity index is 771. The van der Waals surface area contributed by atoms with Crippen LogP contribution in [0, 0.1) is 0 Å². The van der Waals surface area contributed by atoms with Crippen molar-refractivity contribution in [2.75, 3.05) is 0 Å². The minimum Gasteiger partial charge on any atom is -0.477 e. The summed E-state index contributed by atoms with van der Waals surface area (Å²) in [6, 6.07) is 10.3. The molecule has 22 heavy (non-hydrogen) atoms. The van der Waals surface area contributed by atoms with E-state index in [2.05, 4.69) is 27.3 Å². The van der Waals surface area contributed by atoms with E-state index >= 15 is 0 Å². The van der Waals surface area contributed by atoms with Gasteiger partial charge in [-0.2, -0.15) is 0 Å². The molecule has 0 bridgehead atoms. The Morgan fingerprint density at radius 3 is 2.64 bits per heavy atom. The molecule has 1 N–H and O–H groups in total. The van der Waals surface area contributed by atoms with Gasteiger partial charge in [0, 0.05) is 6.42 Å². The Hall–Kier alpha value is -1.77. The number of hydrogen-bond acceptors (Lipinski definition) is 7. The van der Waals surface area contributed by atoms with Crippen molar-refractivity contribution in [3.8, 4) is 0 Å². The minimum absolute atomic E-state index is 0.233. The van der Waals surface area contributed by atoms with Gasteiger partial charge in [-0.3, -0.25) is 0 Å². The minimum atomic E-state index is -0.954. The highest BCUT2D eigenvalue weighted by molar-refractivity contribution is 8.02. The van der Waals surface area contributed by atoms with E-state index in [4.69, 9.17) is 5.11 Å². The largest absolute Gasteiger partial charge is 0.477 e. The molecule has 8 heteroatoms. The third-order valence-electron chi connectivity index (χ3n) is 2.79. The fraction of sp³-hybridized carbons (Fsp3) is 0.143. The number of carbonyl (C=O) groups is 1. The standard InChI is InChI=1S/C14H11N3O2S3/c18-12(19)10-8-15-13(20-10)22-14-17-16-11(21-14)7-6-9-4-2-1-3-5-9/h1-5,8H,6-7H2,(H,18,19). The number of thiazole rings is 1. The Morgan fingerprint density at radius 2 is 1.91 bits per heavy atom. The number of aromatic nitrogens is 3. The van der Waals surface area contributed by atoms with Gasteiger partial charge in [-0.25, -0.2) is 9.78 Å². The second-order valence-corrected chi connectivity index (χ2v) is 7.93. The molecule has 0 atom stereocenters. The van der Waals surface area contributed by atoms with Crippen LogP contribution >= 0.6 is 34.4 Å². The molecule has 3 aromatic rings. The highest BCUT2D eigenvalue weighted by Crippen LogP contribution is 2.33. The monoisotopic (exact) mass is 349 g/mol. The average Bonchev–Trinajstić information content (AvgIpc) is 3.16. The number of aryl methyl sites for hydroxylation is 2. The lowest BCUT2D eigenvalue weighted by molar-refractivity contribution is 0.0702. The van der Waals surface area contributed by atoms with Crippen molar-refractivity contribution in [3.05, 3.63) is 52.0 Å². The number of hydrogen-bond donors (Lipinski definition) is 1. The summed E-state index contributed by atoms with van der Waals surface area (Å²) in [4.78, 5) is 15.1. The zero-order valence-corrected chi connectivity index (χ0v) is 13.7. The summed E-state index contributed by atoms with van der Waals surface area (Å²) in [6.07, 6.45) is 3.15. The van der Waals surface area contributed by atoms with Crippen LogP contribution in [0.25, 0.3) is 0 Å². The molecular weight excluding hydrogens is 338 g/mol. The Kier molecular flexibility index (Phi) is 4.81. The summed E-state index contributed by atoms with van der Waals surface area (Å²) >= 11 is 4.03. The molecule has 2 aromatic heterocycles. The van der Waals surface area contributed by atoms with Crippen LogP contribution in [0.1, 0.15) is 20.2 Å². The van der Waals surface area contributed by atoms with Crippen LogP contribution in [0.4, 0.5) is 0 Å². The molecule has 112 valence electrons. The highest BCUT2D eigenvalue weighted by Gasteiger charge is 2.12. The van der Waals surface area contributed by atoms with Crippen molar-refractivity contribution in [3.63, 3.8) is 0 Å². The van der Waals surface area contributed by atoms with E-state index in [-0.39, 0.29) is 4.88 Å². The van der Waals surface area contributed by atoms with Crippen molar-refractivity contribution in [2.24, 2.45) is 0 Å². The molecule has 3 rings (SSSR count). The van der Waals surface area contributed by atoms with Crippen LogP contribution in [-0.4, -0.2) is 26.3 Å². The van der Waals surface area contributed by atoms with Gasteiger partial charge >= 0.3 is 5.97 Å². The lowest BCUT2D eigenvalue weighted by Crippen LogP contribution is -1.89. The van der Waals surface area contributed by atoms with Gasteiger partial charge in [0.05, 0.1) is 6.20 Å². The average molecular weight is 349 g/mol. The molecule has 0 aliphatic carbocycles. The number of benzene rings is 1. The van der Waals surface area contributed by atoms with Gasteiger partial charge in [-0.1, -0.05) is 41.7 Å². The summed E-state index contributed by atoms with van der Waals surface area (Å²) in [6.45, 7) is 0. The summed E-state index contributed by atoms with van der Waals surface area (Å²) < 4.78 is 1.46. The maximum absolute atomic E-state index is 10.8. The predicted octanol–water partition coefficient (Wildman–Crippen LogP) is 3.63. The first-order chi connectivity index (χ1) is 10.7. The number of carboxylic acids is 1. The van der Waals surface area contributed by atoms with Crippen LogP contribution in [0.2, 0.25) is 0 Å². The van der Waals surface area contributed by atoms with Gasteiger partial charge in [-0.05, 0) is 23.7 Å². The van der Waals surface area contributed by atoms with E-state index in [1.54, 1.807) is 0 Å². The predicted molar refractivity (Wildman–Crippen MR) is 87.0 cm³/mol. The summed E-state index contributed by atoms with van der Waals surface area (Å²) in [7, 11) is 0. The number of rotatable bonds is 6. The molecule has 5 nitrogen and oxygen atoms in total. The first-order valence-corrected chi connectivity index (χ1v) is 8.89. The quantitative estimate of drug-likeness (QED) is 0.732. The van der Waals surface area contributed by atoms with E-state index in [0.29, 0.717) is 4.34 Å². The molecular formula is C14H11N3O2S3. The molecule has 2 heterocycles. The van der Waals surface area contributed by atoms with E-state index in [1.165, 1.54) is 34.9 Å². The smallest absolute Gasteiger partial charge is 0.347 e. The molecule has 0 saturated heterocycles. The second-order valence-electron chi connectivity index (χ2n) is 4.34. The molecule has 0 fully saturated rings. The van der Waals surface area contributed by atoms with Gasteiger partial charge in [-0.15, -0.1) is 21.5 Å². The van der Waals surface area contributed by atoms with Crippen molar-refractivity contribution in [2.45, 2.75) is 21.5 Å². The zero-order valence-electron chi connectivity index (χ0n) is 11.3. The summed E-state index contributed by atoms with van der Waals surface area (Å²) in [5.74, 6) is -0.954. The van der Waals surface area contributed by atoms with Crippen LogP contribution in [-0.2, 0) is 12.8 Å². The maximum atomic E-state index is 10.8. The van der Waals surface area contributed by atoms with E-state index in [0.717, 1.165) is 33.5 Å². The van der Waals surface area contributed by atoms with Crippen molar-refractivity contribution < 1.29 is 9.90 Å². The first kappa shape index (κ1) is 15.1. The van der Waals surface area contributed by atoms with E-state index in [1.807, 2.05) is 18.2 Å². The SMILES string of the molecule is O=C(O)c1cnc(Sc2nnc(CCc3ccccc3)s2)s1. The Labute approximate surface area is 139 Å². The van der Waals surface area contributed by atoms with E-state index < -0.39 is 5.97 Å². The lowest BCUT2D eigenvalue weighted by atomic mass is 10.1. The Morgan fingerprint density at radius 1 is 1.09 bits per heavy atom. The van der Waals surface area contributed by atoms with Gasteiger partial charge in [0.15, 0.2) is 8.68 Å². The van der Waals surface area contributed by atoms with Gasteiger partial charge in [0.2, 0.25) is 0 Å². The normalized spacial score (nSPS) is 10.7. The first-order valence-electron chi connectivity index (χ1n) is 6.44. The van der Waals surface area contributed by atoms with Crippen molar-refractivity contribution >= 4 is 40.4 Å².